The van der Waals surface area contributed by atoms with Crippen LogP contribution in [0.3, 0.4) is 0 Å². The zero-order chi connectivity index (χ0) is 25.9. The molecule has 192 valence electrons. The molecule has 1 aliphatic carbocycles. The van der Waals surface area contributed by atoms with Gasteiger partial charge in [0.05, 0.1) is 17.3 Å². The van der Waals surface area contributed by atoms with E-state index in [1.807, 2.05) is 12.1 Å². The molecule has 3 aromatic rings. The summed E-state index contributed by atoms with van der Waals surface area (Å²) in [6.45, 7) is 2.58. The Morgan fingerprint density at radius 1 is 1.03 bits per heavy atom. The molecule has 0 saturated carbocycles. The van der Waals surface area contributed by atoms with Crippen molar-refractivity contribution < 1.29 is 18.7 Å². The third-order valence-electron chi connectivity index (χ3n) is 7.48. The molecule has 0 radical (unpaired) electrons. The van der Waals surface area contributed by atoms with Gasteiger partial charge in [0.25, 0.3) is 0 Å². The second-order valence-electron chi connectivity index (χ2n) is 10.1. The molecule has 0 aromatic heterocycles. The summed E-state index contributed by atoms with van der Waals surface area (Å²) in [4.78, 5) is 13.9. The van der Waals surface area contributed by atoms with Gasteiger partial charge in [-0.3, -0.25) is 4.39 Å². The number of allylic oxidation sites excluding steroid dienone is 1. The molecule has 6 heteroatoms. The van der Waals surface area contributed by atoms with Crippen molar-refractivity contribution in [2.45, 2.75) is 32.1 Å². The van der Waals surface area contributed by atoms with E-state index in [1.54, 1.807) is 18.2 Å². The Hall–Kier alpha value is -3.02. The highest BCUT2D eigenvalue weighted by Gasteiger charge is 2.27. The molecule has 1 fully saturated rings. The molecule has 37 heavy (non-hydrogen) atoms. The molecular weight excluding hydrogens is 492 g/mol. The fourth-order valence-corrected chi connectivity index (χ4v) is 5.91. The second-order valence-corrected chi connectivity index (χ2v) is 10.4. The molecular formula is C31H30ClF2NO2. The number of aromatic carboxylic acids is 1. The van der Waals surface area contributed by atoms with Crippen molar-refractivity contribution in [3.05, 3.63) is 105 Å². The van der Waals surface area contributed by atoms with E-state index in [0.717, 1.165) is 66.7 Å². The van der Waals surface area contributed by atoms with E-state index in [-0.39, 0.29) is 17.3 Å². The number of carboxylic acid groups (broad SMARTS) is 1. The van der Waals surface area contributed by atoms with Gasteiger partial charge in [-0.15, -0.1) is 0 Å². The van der Waals surface area contributed by atoms with Gasteiger partial charge in [-0.05, 0) is 95.2 Å². The second kappa shape index (κ2) is 11.2. The Bertz CT molecular complexity index is 1330. The number of halogens is 3. The van der Waals surface area contributed by atoms with E-state index in [9.17, 15) is 18.7 Å². The number of aryl methyl sites for hydroxylation is 1. The van der Waals surface area contributed by atoms with Gasteiger partial charge in [0.2, 0.25) is 0 Å². The summed E-state index contributed by atoms with van der Waals surface area (Å²) >= 11 is 6.46. The summed E-state index contributed by atoms with van der Waals surface area (Å²) < 4.78 is 26.9. The number of hydrogen-bond acceptors (Lipinski definition) is 2. The van der Waals surface area contributed by atoms with Crippen LogP contribution in [0.15, 0.2) is 60.7 Å². The zero-order valence-corrected chi connectivity index (χ0v) is 21.4. The third kappa shape index (κ3) is 5.48. The number of alkyl halides is 1. The van der Waals surface area contributed by atoms with E-state index in [1.165, 1.54) is 11.6 Å². The number of carbonyl (C=O) groups is 1. The first-order valence-electron chi connectivity index (χ1n) is 12.9. The lowest BCUT2D eigenvalue weighted by molar-refractivity contribution is 0.0696. The van der Waals surface area contributed by atoms with Crippen molar-refractivity contribution in [3.63, 3.8) is 0 Å². The standard InChI is InChI=1S/C31H30ClF2NO2/c32-30-27(6-2-7-28(30)34)26-5-1-4-23-17-24(31(36)37)12-13-25(23)29(26)22-10-8-20(9-11-22)16-21-18-35(19-21)15-3-14-33/h2,6-13,17,21H,1,3-5,14-16,18-19H2,(H,36,37). The minimum Gasteiger partial charge on any atom is -0.478 e. The average molecular weight is 522 g/mol. The molecule has 2 aliphatic rings. The maximum absolute atomic E-state index is 14.5. The Morgan fingerprint density at radius 2 is 1.81 bits per heavy atom. The molecule has 0 atom stereocenters. The number of nitrogens with zero attached hydrogens (tertiary/aromatic N) is 1. The Labute approximate surface area is 221 Å². The van der Waals surface area contributed by atoms with Crippen LogP contribution in [0.5, 0.6) is 0 Å². The molecule has 0 unspecified atom stereocenters. The number of hydrogen-bond donors (Lipinski definition) is 1. The SMILES string of the molecule is O=C(O)c1ccc2c(c1)CCCC(c1cccc(F)c1Cl)=C2c1ccc(CC2CN(CCCF)C2)cc1. The highest BCUT2D eigenvalue weighted by atomic mass is 35.5. The average Bonchev–Trinajstić information content (AvgIpc) is 3.06. The predicted octanol–water partition coefficient (Wildman–Crippen LogP) is 7.31. The van der Waals surface area contributed by atoms with Crippen molar-refractivity contribution in [2.75, 3.05) is 26.3 Å². The highest BCUT2D eigenvalue weighted by molar-refractivity contribution is 6.33. The lowest BCUT2D eigenvalue weighted by Gasteiger charge is -2.39. The first-order chi connectivity index (χ1) is 17.9. The number of rotatable bonds is 8. The van der Waals surface area contributed by atoms with Crippen LogP contribution >= 0.6 is 11.6 Å². The summed E-state index contributed by atoms with van der Waals surface area (Å²) in [7, 11) is 0. The van der Waals surface area contributed by atoms with Crippen LogP contribution in [-0.2, 0) is 12.8 Å². The third-order valence-corrected chi connectivity index (χ3v) is 7.86. The minimum atomic E-state index is -0.949. The Morgan fingerprint density at radius 3 is 2.54 bits per heavy atom. The molecule has 1 N–H and O–H groups in total. The fourth-order valence-electron chi connectivity index (χ4n) is 5.67. The van der Waals surface area contributed by atoms with Crippen LogP contribution in [0.4, 0.5) is 8.78 Å². The molecule has 3 nitrogen and oxygen atoms in total. The quantitative estimate of drug-likeness (QED) is 0.338. The molecule has 0 amide bonds. The highest BCUT2D eigenvalue weighted by Crippen LogP contribution is 2.42. The Kier molecular flexibility index (Phi) is 7.73. The van der Waals surface area contributed by atoms with Gasteiger partial charge < -0.3 is 10.0 Å². The molecule has 0 bridgehead atoms. The Balaban J connectivity index is 1.51. The first-order valence-corrected chi connectivity index (χ1v) is 13.2. The number of likely N-dealkylation sites (tertiary alicyclic amines) is 1. The summed E-state index contributed by atoms with van der Waals surface area (Å²) in [5, 5.41) is 9.64. The number of carboxylic acids is 1. The lowest BCUT2D eigenvalue weighted by atomic mass is 9.86. The minimum absolute atomic E-state index is 0.111. The van der Waals surface area contributed by atoms with Crippen LogP contribution in [0.1, 0.15) is 57.4 Å². The summed E-state index contributed by atoms with van der Waals surface area (Å²) in [6.07, 6.45) is 3.82. The first kappa shape index (κ1) is 25.6. The monoisotopic (exact) mass is 521 g/mol. The van der Waals surface area contributed by atoms with Crippen molar-refractivity contribution >= 4 is 28.7 Å². The topological polar surface area (TPSA) is 40.5 Å². The number of fused-ring (bicyclic) bond motifs is 1. The van der Waals surface area contributed by atoms with Gasteiger partial charge in [-0.25, -0.2) is 9.18 Å². The van der Waals surface area contributed by atoms with E-state index in [0.29, 0.717) is 24.3 Å². The molecule has 1 saturated heterocycles. The van der Waals surface area contributed by atoms with Crippen molar-refractivity contribution in [2.24, 2.45) is 5.92 Å². The predicted molar refractivity (Wildman–Crippen MR) is 144 cm³/mol. The zero-order valence-electron chi connectivity index (χ0n) is 20.7. The van der Waals surface area contributed by atoms with Crippen molar-refractivity contribution in [1.29, 1.82) is 0 Å². The normalized spacial score (nSPS) is 16.3. The van der Waals surface area contributed by atoms with Crippen LogP contribution in [0, 0.1) is 11.7 Å². The van der Waals surface area contributed by atoms with Crippen LogP contribution in [0.25, 0.3) is 11.1 Å². The van der Waals surface area contributed by atoms with Crippen molar-refractivity contribution in [1.82, 2.24) is 4.90 Å². The molecule has 0 spiro atoms. The van der Waals surface area contributed by atoms with Gasteiger partial charge >= 0.3 is 5.97 Å². The molecule has 3 aromatic carbocycles. The summed E-state index contributed by atoms with van der Waals surface area (Å²) in [5.74, 6) is -0.818. The fraction of sp³-hybridized carbons (Fsp3) is 0.323. The largest absolute Gasteiger partial charge is 0.478 e. The molecule has 5 rings (SSSR count). The van der Waals surface area contributed by atoms with Crippen molar-refractivity contribution in [3.8, 4) is 0 Å². The maximum Gasteiger partial charge on any atom is 0.335 e. The van der Waals surface area contributed by atoms with Gasteiger partial charge in [-0.1, -0.05) is 54.1 Å². The number of benzene rings is 3. The molecule has 1 heterocycles. The van der Waals surface area contributed by atoms with Crippen LogP contribution in [0.2, 0.25) is 5.02 Å². The van der Waals surface area contributed by atoms with Gasteiger partial charge in [0.1, 0.15) is 5.82 Å². The maximum atomic E-state index is 14.5. The van der Waals surface area contributed by atoms with E-state index in [2.05, 4.69) is 29.2 Å². The van der Waals surface area contributed by atoms with E-state index < -0.39 is 11.8 Å². The van der Waals surface area contributed by atoms with Gasteiger partial charge in [-0.2, -0.15) is 0 Å². The summed E-state index contributed by atoms with van der Waals surface area (Å²) in [6, 6.07) is 18.7. The summed E-state index contributed by atoms with van der Waals surface area (Å²) in [5.41, 5.74) is 7.09. The lowest BCUT2D eigenvalue weighted by Crippen LogP contribution is -2.47. The molecule has 1 aliphatic heterocycles. The van der Waals surface area contributed by atoms with E-state index >= 15 is 0 Å². The van der Waals surface area contributed by atoms with E-state index in [4.69, 9.17) is 11.6 Å². The van der Waals surface area contributed by atoms with Crippen LogP contribution in [-0.4, -0.2) is 42.3 Å². The smallest absolute Gasteiger partial charge is 0.335 e. The van der Waals surface area contributed by atoms with Gasteiger partial charge in [0.15, 0.2) is 0 Å². The van der Waals surface area contributed by atoms with Crippen LogP contribution < -0.4 is 0 Å². The van der Waals surface area contributed by atoms with Gasteiger partial charge in [0, 0.05) is 19.6 Å².